The molecule has 0 spiro atoms. The van der Waals surface area contributed by atoms with Gasteiger partial charge in [0, 0.05) is 0 Å². The molecule has 19 nitrogen and oxygen atoms in total. The Morgan fingerprint density at radius 2 is 1.91 bits per heavy atom. The van der Waals surface area contributed by atoms with Crippen LogP contribution in [0, 0.1) is 0 Å². The van der Waals surface area contributed by atoms with E-state index < -0.39 is 79.8 Å². The second kappa shape index (κ2) is 11.4. The Balaban J connectivity index is 1.21. The highest BCUT2D eigenvalue weighted by atomic mass is 32.7. The van der Waals surface area contributed by atoms with Crippen molar-refractivity contribution in [3.63, 3.8) is 0 Å². The fourth-order valence-corrected chi connectivity index (χ4v) is 9.65. The van der Waals surface area contributed by atoms with Crippen LogP contribution in [0.15, 0.2) is 17.4 Å². The maximum Gasteiger partial charge on any atom is 0.386 e. The third-order valence-corrected chi connectivity index (χ3v) is 11.8. The predicted octanol–water partition coefficient (Wildman–Crippen LogP) is 0.778. The molecule has 7 rings (SSSR count). The smallest absolute Gasteiger partial charge is 0.382 e. The lowest BCUT2D eigenvalue weighted by atomic mass is 10.1. The summed E-state index contributed by atoms with van der Waals surface area (Å²) in [6.45, 7) is -9.95. The maximum absolute atomic E-state index is 16.0. The number of nitrogens with zero attached hydrogens (tertiary/aromatic N) is 8. The molecule has 10 atom stereocenters. The first-order chi connectivity index (χ1) is 21.3. The molecule has 3 fully saturated rings. The molecule has 0 aliphatic carbocycles. The van der Waals surface area contributed by atoms with Crippen molar-refractivity contribution in [3.8, 4) is 0 Å². The molecule has 3 aliphatic heterocycles. The van der Waals surface area contributed by atoms with Gasteiger partial charge in [0.2, 0.25) is 5.95 Å². The van der Waals surface area contributed by atoms with Crippen molar-refractivity contribution >= 4 is 83.4 Å². The highest BCUT2D eigenvalue weighted by molar-refractivity contribution is 8.44. The van der Waals surface area contributed by atoms with Crippen molar-refractivity contribution in [2.75, 3.05) is 24.7 Å². The SMILES string of the molecule is Nc1nc2c(ncn2[C@@H]2S[C@@H]3COP(=O)(S)O[C@H]4[C@H](F)[C@H](n5nnc6c(N)ncnc65)O[C@@H]4COP(O)(=S)O[C@@H]2[C@@H]3F)c(=O)[nH]1. The van der Waals surface area contributed by atoms with Crippen LogP contribution in [-0.2, 0) is 39.2 Å². The van der Waals surface area contributed by atoms with Gasteiger partial charge in [0.05, 0.1) is 24.8 Å². The summed E-state index contributed by atoms with van der Waals surface area (Å²) < 4.78 is 75.4. The molecule has 4 aromatic rings. The Morgan fingerprint density at radius 1 is 1.11 bits per heavy atom. The molecule has 2 unspecified atom stereocenters. The number of aromatic amines is 1. The zero-order valence-electron chi connectivity index (χ0n) is 22.1. The number of alkyl halides is 2. The van der Waals surface area contributed by atoms with Crippen LogP contribution < -0.4 is 17.0 Å². The summed E-state index contributed by atoms with van der Waals surface area (Å²) >= 11 is 10.1. The third-order valence-electron chi connectivity index (χ3n) is 7.10. The van der Waals surface area contributed by atoms with Gasteiger partial charge in [-0.15, -0.1) is 16.9 Å². The van der Waals surface area contributed by atoms with Crippen molar-refractivity contribution in [3.05, 3.63) is 23.0 Å². The van der Waals surface area contributed by atoms with Crippen LogP contribution in [0.1, 0.15) is 11.6 Å². The Labute approximate surface area is 263 Å². The molecule has 26 heteroatoms. The second-order valence-electron chi connectivity index (χ2n) is 9.93. The number of aromatic nitrogens is 9. The number of hydrogen-bond donors (Lipinski definition) is 5. The quantitative estimate of drug-likeness (QED) is 0.141. The van der Waals surface area contributed by atoms with E-state index in [9.17, 15) is 14.3 Å². The van der Waals surface area contributed by atoms with E-state index in [1.165, 1.54) is 10.9 Å². The van der Waals surface area contributed by atoms with Gasteiger partial charge in [-0.05, 0) is 11.8 Å². The van der Waals surface area contributed by atoms with Crippen LogP contribution in [0.3, 0.4) is 0 Å². The average molecular weight is 728 g/mol. The number of ether oxygens (including phenoxy) is 1. The number of imidazole rings is 1. The normalized spacial score (nSPS) is 37.7. The Hall–Kier alpha value is -2.37. The van der Waals surface area contributed by atoms with Crippen LogP contribution in [-0.4, -0.2) is 98.5 Å². The Morgan fingerprint density at radius 3 is 2.71 bits per heavy atom. The van der Waals surface area contributed by atoms with Crippen molar-refractivity contribution in [1.82, 2.24) is 44.5 Å². The average Bonchev–Trinajstić information content (AvgIpc) is 3.72. The van der Waals surface area contributed by atoms with E-state index in [1.807, 2.05) is 0 Å². The number of nitrogens with two attached hydrogens (primary N) is 2. The number of rotatable bonds is 2. The molecule has 2 bridgehead atoms. The van der Waals surface area contributed by atoms with Crippen LogP contribution >= 0.6 is 37.5 Å². The first kappa shape index (κ1) is 31.2. The first-order valence-corrected chi connectivity index (χ1v) is 19.0. The van der Waals surface area contributed by atoms with Gasteiger partial charge in [-0.25, -0.2) is 28.3 Å². The topological polar surface area (TPSA) is 256 Å². The fraction of sp³-hybridized carbons (Fsp3) is 0.526. The largest absolute Gasteiger partial charge is 0.386 e. The fourth-order valence-electron chi connectivity index (χ4n) is 5.10. The molecule has 0 radical (unpaired) electrons. The summed E-state index contributed by atoms with van der Waals surface area (Å²) in [6, 6.07) is 0. The molecule has 0 saturated carbocycles. The van der Waals surface area contributed by atoms with Crippen LogP contribution in [0.5, 0.6) is 0 Å². The molecule has 3 saturated heterocycles. The summed E-state index contributed by atoms with van der Waals surface area (Å²) in [5.74, 6) is -0.234. The van der Waals surface area contributed by atoms with Crippen molar-refractivity contribution < 1.29 is 41.1 Å². The van der Waals surface area contributed by atoms with E-state index in [4.69, 9.17) is 46.1 Å². The number of thioether (sulfide) groups is 1. The van der Waals surface area contributed by atoms with Crippen molar-refractivity contribution in [2.24, 2.45) is 0 Å². The van der Waals surface area contributed by atoms with E-state index >= 15 is 8.78 Å². The second-order valence-corrected chi connectivity index (χ2v) is 17.0. The van der Waals surface area contributed by atoms with E-state index in [-0.39, 0.29) is 34.1 Å². The van der Waals surface area contributed by atoms with Crippen molar-refractivity contribution in [1.29, 1.82) is 0 Å². The molecule has 242 valence electrons. The van der Waals surface area contributed by atoms with Crippen LogP contribution in [0.25, 0.3) is 22.3 Å². The number of nitrogen functional groups attached to an aromatic ring is 2. The number of thiol groups is 1. The summed E-state index contributed by atoms with van der Waals surface area (Å²) in [7, 11) is 0. The minimum atomic E-state index is -4.41. The molecule has 3 aliphatic rings. The zero-order chi connectivity index (χ0) is 31.8. The molecular weight excluding hydrogens is 706 g/mol. The molecule has 6 N–H and O–H groups in total. The molecule has 0 aromatic carbocycles. The standard InChI is InChI=1S/C19H21F2N11O8P2S3/c20-7-6-2-37-42(35,44)39-11-5(38-17(8(11)21)32-14-9(29-30-32)13(22)24-3-25-14)1-36-41(34,43)40-12(7)18(45-6)31-4-26-10-15(31)27-19(23)28-16(10)33/h3-8,11-12,17-18H,1-2H2,(H,34,43)(H,35,44)(H2,22,24,25)(H3,23,27,28,33)/t5-,6-,7-,8+,11-,12-,17-,18-,41?,42?/m1/s1. The molecule has 7 heterocycles. The highest BCUT2D eigenvalue weighted by Gasteiger charge is 2.54. The molecule has 4 aromatic heterocycles. The van der Waals surface area contributed by atoms with Gasteiger partial charge >= 0.3 is 13.5 Å². The van der Waals surface area contributed by atoms with E-state index in [1.54, 1.807) is 0 Å². The van der Waals surface area contributed by atoms with Gasteiger partial charge in [0.1, 0.15) is 36.2 Å². The van der Waals surface area contributed by atoms with Gasteiger partial charge in [-0.2, -0.15) is 9.67 Å². The van der Waals surface area contributed by atoms with Gasteiger partial charge in [-0.3, -0.25) is 27.9 Å². The monoisotopic (exact) mass is 727 g/mol. The lowest BCUT2D eigenvalue weighted by molar-refractivity contribution is -0.0489. The molecule has 0 amide bonds. The van der Waals surface area contributed by atoms with Crippen LogP contribution in [0.2, 0.25) is 0 Å². The Kier molecular flexibility index (Phi) is 7.92. The van der Waals surface area contributed by atoms with Crippen molar-refractivity contribution in [2.45, 2.75) is 47.5 Å². The van der Waals surface area contributed by atoms with Gasteiger partial charge < -0.3 is 25.6 Å². The number of fused-ring (bicyclic) bond motifs is 5. The predicted molar refractivity (Wildman–Crippen MR) is 159 cm³/mol. The zero-order valence-corrected chi connectivity index (χ0v) is 26.5. The van der Waals surface area contributed by atoms with E-state index in [0.717, 1.165) is 22.8 Å². The lowest BCUT2D eigenvalue weighted by Crippen LogP contribution is -2.34. The van der Waals surface area contributed by atoms with E-state index in [0.29, 0.717) is 0 Å². The summed E-state index contributed by atoms with van der Waals surface area (Å²) in [5, 5.41) is 5.57. The summed E-state index contributed by atoms with van der Waals surface area (Å²) in [4.78, 5) is 41.6. The Bertz CT molecular complexity index is 1950. The third kappa shape index (κ3) is 5.64. The minimum absolute atomic E-state index is 0.00230. The van der Waals surface area contributed by atoms with Gasteiger partial charge in [0.25, 0.3) is 5.56 Å². The minimum Gasteiger partial charge on any atom is -0.382 e. The highest BCUT2D eigenvalue weighted by Crippen LogP contribution is 2.60. The molecular formula is C19H21F2N11O8P2S3. The van der Waals surface area contributed by atoms with Gasteiger partial charge in [-0.1, -0.05) is 17.5 Å². The number of nitrogens with one attached hydrogen (secondary N) is 1. The maximum atomic E-state index is 16.0. The van der Waals surface area contributed by atoms with Gasteiger partial charge in [0.15, 0.2) is 40.5 Å². The number of hydrogen-bond acceptors (Lipinski definition) is 17. The number of H-pyrrole nitrogens is 1. The first-order valence-electron chi connectivity index (χ1n) is 12.8. The van der Waals surface area contributed by atoms with E-state index in [2.05, 4.69) is 47.5 Å². The summed E-state index contributed by atoms with van der Waals surface area (Å²) in [6.07, 6.45) is -7.79. The summed E-state index contributed by atoms with van der Waals surface area (Å²) in [5.41, 5.74) is 10.9. The number of halogens is 2. The lowest BCUT2D eigenvalue weighted by Gasteiger charge is -2.27. The van der Waals surface area contributed by atoms with Crippen LogP contribution in [0.4, 0.5) is 20.5 Å². The molecule has 45 heavy (non-hydrogen) atoms. The number of anilines is 2.